The highest BCUT2D eigenvalue weighted by molar-refractivity contribution is 6.32. The molecule has 0 fully saturated rings. The van der Waals surface area contributed by atoms with Crippen LogP contribution in [-0.4, -0.2) is 25.9 Å². The van der Waals surface area contributed by atoms with E-state index in [9.17, 15) is 9.59 Å². The van der Waals surface area contributed by atoms with Gasteiger partial charge in [-0.3, -0.25) is 9.59 Å². The standard InChI is InChI=1S/C19H18ClNO4/c1-12(22)14-5-4-6-15(11-14)21-18(23)8-7-13-9-16(20)19(25-3)17(10-13)24-2/h4-11H,1-3H3,(H,21,23)/b8-7+. The minimum atomic E-state index is -0.327. The molecule has 2 rings (SSSR count). The summed E-state index contributed by atoms with van der Waals surface area (Å²) in [4.78, 5) is 23.4. The molecule has 25 heavy (non-hydrogen) atoms. The van der Waals surface area contributed by atoms with Crippen LogP contribution < -0.4 is 14.8 Å². The Bertz CT molecular complexity index is 830. The number of anilines is 1. The molecule has 0 radical (unpaired) electrons. The topological polar surface area (TPSA) is 64.6 Å². The predicted octanol–water partition coefficient (Wildman–Crippen LogP) is 4.21. The van der Waals surface area contributed by atoms with E-state index in [0.29, 0.717) is 33.3 Å². The van der Waals surface area contributed by atoms with Crippen LogP contribution in [-0.2, 0) is 4.79 Å². The smallest absolute Gasteiger partial charge is 0.248 e. The Kier molecular flexibility index (Phi) is 6.19. The first kappa shape index (κ1) is 18.5. The number of ether oxygens (including phenoxy) is 2. The third-order valence-corrected chi connectivity index (χ3v) is 3.70. The van der Waals surface area contributed by atoms with Crippen molar-refractivity contribution in [2.45, 2.75) is 6.92 Å². The highest BCUT2D eigenvalue weighted by Crippen LogP contribution is 2.36. The van der Waals surface area contributed by atoms with Crippen LogP contribution in [0.2, 0.25) is 5.02 Å². The Labute approximate surface area is 151 Å². The zero-order chi connectivity index (χ0) is 18.4. The number of amides is 1. The number of ketones is 1. The quantitative estimate of drug-likeness (QED) is 0.619. The molecule has 0 aromatic heterocycles. The van der Waals surface area contributed by atoms with Crippen LogP contribution in [0.4, 0.5) is 5.69 Å². The van der Waals surface area contributed by atoms with E-state index in [-0.39, 0.29) is 11.7 Å². The lowest BCUT2D eigenvalue weighted by Crippen LogP contribution is -2.08. The predicted molar refractivity (Wildman–Crippen MR) is 98.7 cm³/mol. The molecule has 5 nitrogen and oxygen atoms in total. The normalized spacial score (nSPS) is 10.6. The monoisotopic (exact) mass is 359 g/mol. The summed E-state index contributed by atoms with van der Waals surface area (Å²) < 4.78 is 10.4. The first-order valence-corrected chi connectivity index (χ1v) is 7.84. The van der Waals surface area contributed by atoms with Crippen molar-refractivity contribution >= 4 is 35.1 Å². The number of nitrogens with one attached hydrogen (secondary N) is 1. The first-order chi connectivity index (χ1) is 11.9. The van der Waals surface area contributed by atoms with E-state index in [1.807, 2.05) is 0 Å². The van der Waals surface area contributed by atoms with Crippen molar-refractivity contribution in [3.8, 4) is 11.5 Å². The summed E-state index contributed by atoms with van der Waals surface area (Å²) in [7, 11) is 3.01. The van der Waals surface area contributed by atoms with E-state index in [1.165, 1.54) is 27.2 Å². The van der Waals surface area contributed by atoms with Crippen LogP contribution in [0.3, 0.4) is 0 Å². The highest BCUT2D eigenvalue weighted by Gasteiger charge is 2.10. The van der Waals surface area contributed by atoms with E-state index in [2.05, 4.69) is 5.32 Å². The van der Waals surface area contributed by atoms with E-state index in [4.69, 9.17) is 21.1 Å². The summed E-state index contributed by atoms with van der Waals surface area (Å²) in [5.41, 5.74) is 1.77. The minimum Gasteiger partial charge on any atom is -0.493 e. The lowest BCUT2D eigenvalue weighted by Gasteiger charge is -2.10. The van der Waals surface area contributed by atoms with Crippen molar-refractivity contribution in [2.24, 2.45) is 0 Å². The molecule has 6 heteroatoms. The third kappa shape index (κ3) is 4.84. The molecule has 1 amide bonds. The number of rotatable bonds is 6. The Morgan fingerprint density at radius 1 is 1.12 bits per heavy atom. The van der Waals surface area contributed by atoms with Gasteiger partial charge in [-0.2, -0.15) is 0 Å². The molecule has 2 aromatic carbocycles. The Balaban J connectivity index is 2.14. The summed E-state index contributed by atoms with van der Waals surface area (Å²) in [6.45, 7) is 1.47. The maximum atomic E-state index is 12.1. The average Bonchev–Trinajstić information content (AvgIpc) is 2.59. The molecule has 2 aromatic rings. The van der Waals surface area contributed by atoms with Gasteiger partial charge in [-0.05, 0) is 42.8 Å². The second-order valence-electron chi connectivity index (χ2n) is 5.20. The lowest BCUT2D eigenvalue weighted by molar-refractivity contribution is -0.111. The van der Waals surface area contributed by atoms with Gasteiger partial charge in [0.2, 0.25) is 5.91 Å². The van der Waals surface area contributed by atoms with Gasteiger partial charge >= 0.3 is 0 Å². The number of carbonyl (C=O) groups excluding carboxylic acids is 2. The summed E-state index contributed by atoms with van der Waals surface area (Å²) in [6.07, 6.45) is 2.98. The van der Waals surface area contributed by atoms with Crippen molar-refractivity contribution in [3.63, 3.8) is 0 Å². The zero-order valence-electron chi connectivity index (χ0n) is 14.1. The van der Waals surface area contributed by atoms with E-state index < -0.39 is 0 Å². The van der Waals surface area contributed by atoms with Crippen LogP contribution in [0.15, 0.2) is 42.5 Å². The maximum absolute atomic E-state index is 12.1. The van der Waals surface area contributed by atoms with Gasteiger partial charge in [0, 0.05) is 17.3 Å². The number of hydrogen-bond acceptors (Lipinski definition) is 4. The summed E-state index contributed by atoms with van der Waals surface area (Å²) in [5, 5.41) is 3.09. The van der Waals surface area contributed by atoms with E-state index in [1.54, 1.807) is 42.5 Å². The molecule has 0 aliphatic rings. The van der Waals surface area contributed by atoms with E-state index in [0.717, 1.165) is 0 Å². The molecule has 0 aliphatic heterocycles. The summed E-state index contributed by atoms with van der Waals surface area (Å²) in [5.74, 6) is 0.522. The first-order valence-electron chi connectivity index (χ1n) is 7.46. The Morgan fingerprint density at radius 3 is 2.52 bits per heavy atom. The second-order valence-corrected chi connectivity index (χ2v) is 5.61. The molecular formula is C19H18ClNO4. The fourth-order valence-electron chi connectivity index (χ4n) is 2.21. The van der Waals surface area contributed by atoms with Crippen molar-refractivity contribution < 1.29 is 19.1 Å². The minimum absolute atomic E-state index is 0.0633. The largest absolute Gasteiger partial charge is 0.493 e. The number of Topliss-reactive ketones (excluding diaryl/α,β-unsaturated/α-hetero) is 1. The fraction of sp³-hybridized carbons (Fsp3) is 0.158. The van der Waals surface area contributed by atoms with Gasteiger partial charge in [-0.25, -0.2) is 0 Å². The van der Waals surface area contributed by atoms with Crippen molar-refractivity contribution in [1.29, 1.82) is 0 Å². The van der Waals surface area contributed by atoms with Crippen LogP contribution in [0.25, 0.3) is 6.08 Å². The highest BCUT2D eigenvalue weighted by atomic mass is 35.5. The number of hydrogen-bond donors (Lipinski definition) is 1. The summed E-state index contributed by atoms with van der Waals surface area (Å²) >= 11 is 6.13. The molecule has 0 bridgehead atoms. The van der Waals surface area contributed by atoms with E-state index >= 15 is 0 Å². The van der Waals surface area contributed by atoms with Gasteiger partial charge in [0.25, 0.3) is 0 Å². The fourth-order valence-corrected chi connectivity index (χ4v) is 2.50. The second kappa shape index (κ2) is 8.35. The summed E-state index contributed by atoms with van der Waals surface area (Å²) in [6, 6.07) is 10.1. The van der Waals surface area contributed by atoms with Crippen LogP contribution in [0.1, 0.15) is 22.8 Å². The number of benzene rings is 2. The number of carbonyl (C=O) groups is 2. The van der Waals surface area contributed by atoms with Crippen LogP contribution in [0.5, 0.6) is 11.5 Å². The molecule has 0 spiro atoms. The van der Waals surface area contributed by atoms with Crippen LogP contribution >= 0.6 is 11.6 Å². The SMILES string of the molecule is COc1cc(/C=C/C(=O)Nc2cccc(C(C)=O)c2)cc(Cl)c1OC. The van der Waals surface area contributed by atoms with Gasteiger partial charge in [0.1, 0.15) is 0 Å². The van der Waals surface area contributed by atoms with Gasteiger partial charge in [-0.1, -0.05) is 23.7 Å². The molecule has 0 heterocycles. The molecule has 0 unspecified atom stereocenters. The maximum Gasteiger partial charge on any atom is 0.248 e. The third-order valence-electron chi connectivity index (χ3n) is 3.42. The average molecular weight is 360 g/mol. The molecule has 0 aliphatic carbocycles. The molecule has 130 valence electrons. The Morgan fingerprint density at radius 2 is 1.88 bits per heavy atom. The van der Waals surface area contributed by atoms with Crippen molar-refractivity contribution in [2.75, 3.05) is 19.5 Å². The molecule has 0 atom stereocenters. The van der Waals surface area contributed by atoms with Crippen LogP contribution in [0, 0.1) is 0 Å². The van der Waals surface area contributed by atoms with Gasteiger partial charge < -0.3 is 14.8 Å². The molecular weight excluding hydrogens is 342 g/mol. The molecule has 1 N–H and O–H groups in total. The molecule has 0 saturated heterocycles. The number of methoxy groups -OCH3 is 2. The van der Waals surface area contributed by atoms with Gasteiger partial charge in [0.15, 0.2) is 17.3 Å². The van der Waals surface area contributed by atoms with Crippen molar-refractivity contribution in [3.05, 3.63) is 58.6 Å². The lowest BCUT2D eigenvalue weighted by atomic mass is 10.1. The number of halogens is 1. The van der Waals surface area contributed by atoms with Gasteiger partial charge in [0.05, 0.1) is 19.2 Å². The zero-order valence-corrected chi connectivity index (χ0v) is 14.9. The van der Waals surface area contributed by atoms with Crippen molar-refractivity contribution in [1.82, 2.24) is 0 Å². The Hall–Kier alpha value is -2.79. The molecule has 0 saturated carbocycles. The van der Waals surface area contributed by atoms with Gasteiger partial charge in [-0.15, -0.1) is 0 Å².